The molecule has 2 aromatic carbocycles. The number of hydrogen-bond donors (Lipinski definition) is 0. The number of carbonyl (C=O) groups excluding carboxylic acids is 1. The largest absolute Gasteiger partial charge is 0.545 e. The Labute approximate surface area is 113 Å². The minimum absolute atomic E-state index is 0.691. The zero-order valence-electron chi connectivity index (χ0n) is 11.0. The molecule has 0 aliphatic carbocycles. The van der Waals surface area contributed by atoms with Gasteiger partial charge in [-0.2, -0.15) is 0 Å². The number of aliphatic carboxylic acids is 1. The van der Waals surface area contributed by atoms with Crippen LogP contribution in [0.1, 0.15) is 18.1 Å². The lowest BCUT2D eigenvalue weighted by Crippen LogP contribution is -2.19. The van der Waals surface area contributed by atoms with Gasteiger partial charge in [0.1, 0.15) is 0 Å². The van der Waals surface area contributed by atoms with Gasteiger partial charge in [-0.1, -0.05) is 54.1 Å². The first-order chi connectivity index (χ1) is 9.06. The fourth-order valence-corrected chi connectivity index (χ4v) is 2.01. The quantitative estimate of drug-likeness (QED) is 0.787. The van der Waals surface area contributed by atoms with E-state index in [0.29, 0.717) is 5.57 Å². The molecule has 2 nitrogen and oxygen atoms in total. The maximum atomic E-state index is 10.5. The molecule has 0 saturated heterocycles. The summed E-state index contributed by atoms with van der Waals surface area (Å²) in [6.45, 7) is 3.82. The molecule has 0 bridgehead atoms. The third-order valence-corrected chi connectivity index (χ3v) is 3.03. The summed E-state index contributed by atoms with van der Waals surface area (Å²) < 4.78 is 0. The molecule has 0 aliphatic heterocycles. The molecule has 0 unspecified atom stereocenters. The van der Waals surface area contributed by atoms with Gasteiger partial charge >= 0.3 is 0 Å². The highest BCUT2D eigenvalue weighted by molar-refractivity contribution is 5.88. The Bertz CT molecular complexity index is 622. The molecule has 2 heteroatoms. The normalized spacial score (nSPS) is 11.4. The summed E-state index contributed by atoms with van der Waals surface area (Å²) in [4.78, 5) is 10.5. The zero-order valence-corrected chi connectivity index (χ0v) is 11.0. The average Bonchev–Trinajstić information content (AvgIpc) is 2.38. The molecule has 2 rings (SSSR count). The number of aryl methyl sites for hydroxylation is 1. The Morgan fingerprint density at radius 2 is 1.74 bits per heavy atom. The second-order valence-electron chi connectivity index (χ2n) is 4.59. The number of carboxylic acids is 1. The van der Waals surface area contributed by atoms with Crippen LogP contribution in [-0.2, 0) is 4.79 Å². The van der Waals surface area contributed by atoms with E-state index in [1.54, 1.807) is 6.92 Å². The van der Waals surface area contributed by atoms with Gasteiger partial charge in [-0.15, -0.1) is 0 Å². The van der Waals surface area contributed by atoms with Crippen molar-refractivity contribution in [2.75, 3.05) is 0 Å². The van der Waals surface area contributed by atoms with Crippen LogP contribution in [0.4, 0.5) is 0 Å². The summed E-state index contributed by atoms with van der Waals surface area (Å²) in [5.41, 5.74) is 5.08. The molecule has 96 valence electrons. The zero-order chi connectivity index (χ0) is 13.8. The van der Waals surface area contributed by atoms with Crippen LogP contribution in [0, 0.1) is 6.92 Å². The third kappa shape index (κ3) is 3.32. The SMILES string of the molecule is C/C(=C\C(=O)[O-])c1ccc(-c2cccc(C)c2)cc1. The predicted molar refractivity (Wildman–Crippen MR) is 75.3 cm³/mol. The molecule has 0 heterocycles. The Hall–Kier alpha value is -2.35. The standard InChI is InChI=1S/C17H16O2/c1-12-4-3-5-16(10-12)15-8-6-14(7-9-15)13(2)11-17(18)19/h3-11H,1-2H3,(H,18,19)/p-1/b13-11+. The highest BCUT2D eigenvalue weighted by Crippen LogP contribution is 2.23. The second kappa shape index (κ2) is 5.53. The Kier molecular flexibility index (Phi) is 3.81. The van der Waals surface area contributed by atoms with Crippen LogP contribution >= 0.6 is 0 Å². The van der Waals surface area contributed by atoms with E-state index in [2.05, 4.69) is 25.1 Å². The third-order valence-electron chi connectivity index (χ3n) is 3.03. The van der Waals surface area contributed by atoms with Gasteiger partial charge in [-0.05, 0) is 42.2 Å². The van der Waals surface area contributed by atoms with Crippen LogP contribution in [0.25, 0.3) is 16.7 Å². The van der Waals surface area contributed by atoms with E-state index in [9.17, 15) is 9.90 Å². The van der Waals surface area contributed by atoms with Crippen LogP contribution in [0.15, 0.2) is 54.6 Å². The lowest BCUT2D eigenvalue weighted by molar-refractivity contribution is -0.297. The van der Waals surface area contributed by atoms with E-state index in [0.717, 1.165) is 22.8 Å². The van der Waals surface area contributed by atoms with Crippen LogP contribution in [-0.4, -0.2) is 5.97 Å². The molecule has 2 aromatic rings. The van der Waals surface area contributed by atoms with E-state index in [4.69, 9.17) is 0 Å². The average molecular weight is 251 g/mol. The monoisotopic (exact) mass is 251 g/mol. The van der Waals surface area contributed by atoms with Crippen LogP contribution < -0.4 is 5.11 Å². The van der Waals surface area contributed by atoms with E-state index in [1.807, 2.05) is 30.3 Å². The van der Waals surface area contributed by atoms with Gasteiger partial charge in [0.2, 0.25) is 0 Å². The lowest BCUT2D eigenvalue weighted by atomic mass is 10.00. The van der Waals surface area contributed by atoms with E-state index in [1.165, 1.54) is 5.56 Å². The molecule has 0 N–H and O–H groups in total. The van der Waals surface area contributed by atoms with Gasteiger partial charge in [-0.25, -0.2) is 0 Å². The van der Waals surface area contributed by atoms with Crippen molar-refractivity contribution in [1.29, 1.82) is 0 Å². The Morgan fingerprint density at radius 3 is 2.32 bits per heavy atom. The summed E-state index contributed by atoms with van der Waals surface area (Å²) in [7, 11) is 0. The molecule has 0 radical (unpaired) electrons. The summed E-state index contributed by atoms with van der Waals surface area (Å²) >= 11 is 0. The highest BCUT2D eigenvalue weighted by atomic mass is 16.4. The maximum absolute atomic E-state index is 10.5. The fraction of sp³-hybridized carbons (Fsp3) is 0.118. The first-order valence-corrected chi connectivity index (χ1v) is 6.13. The van der Waals surface area contributed by atoms with Crippen LogP contribution in [0.5, 0.6) is 0 Å². The molecule has 19 heavy (non-hydrogen) atoms. The van der Waals surface area contributed by atoms with Crippen molar-refractivity contribution in [3.05, 3.63) is 65.7 Å². The molecule has 0 saturated carbocycles. The van der Waals surface area contributed by atoms with Gasteiger partial charge in [0.05, 0.1) is 5.97 Å². The Morgan fingerprint density at radius 1 is 1.05 bits per heavy atom. The summed E-state index contributed by atoms with van der Waals surface area (Å²) in [6.07, 6.45) is 1.11. The molecule has 0 fully saturated rings. The number of carbonyl (C=O) groups is 1. The smallest absolute Gasteiger partial charge is 0.0645 e. The molecular weight excluding hydrogens is 236 g/mol. The number of benzene rings is 2. The molecule has 0 atom stereocenters. The number of rotatable bonds is 3. The lowest BCUT2D eigenvalue weighted by Gasteiger charge is -2.06. The maximum Gasteiger partial charge on any atom is 0.0645 e. The summed E-state index contributed by atoms with van der Waals surface area (Å²) in [5.74, 6) is -1.17. The van der Waals surface area contributed by atoms with E-state index < -0.39 is 5.97 Å². The molecule has 0 spiro atoms. The number of carboxylic acid groups (broad SMARTS) is 1. The minimum atomic E-state index is -1.17. The van der Waals surface area contributed by atoms with Gasteiger partial charge < -0.3 is 9.90 Å². The van der Waals surface area contributed by atoms with Crippen LogP contribution in [0.2, 0.25) is 0 Å². The summed E-state index contributed by atoms with van der Waals surface area (Å²) in [5, 5.41) is 10.5. The van der Waals surface area contributed by atoms with Crippen molar-refractivity contribution in [2.24, 2.45) is 0 Å². The van der Waals surface area contributed by atoms with Crippen LogP contribution in [0.3, 0.4) is 0 Å². The topological polar surface area (TPSA) is 40.1 Å². The Balaban J connectivity index is 2.31. The van der Waals surface area contributed by atoms with E-state index >= 15 is 0 Å². The van der Waals surface area contributed by atoms with E-state index in [-0.39, 0.29) is 0 Å². The van der Waals surface area contributed by atoms with Crippen molar-refractivity contribution >= 4 is 11.5 Å². The first kappa shape index (κ1) is 13.1. The van der Waals surface area contributed by atoms with Crippen molar-refractivity contribution in [3.8, 4) is 11.1 Å². The van der Waals surface area contributed by atoms with Crippen molar-refractivity contribution < 1.29 is 9.90 Å². The molecule has 0 amide bonds. The van der Waals surface area contributed by atoms with Crippen molar-refractivity contribution in [2.45, 2.75) is 13.8 Å². The van der Waals surface area contributed by atoms with Gasteiger partial charge in [-0.3, -0.25) is 0 Å². The number of hydrogen-bond acceptors (Lipinski definition) is 2. The fourth-order valence-electron chi connectivity index (χ4n) is 2.01. The number of allylic oxidation sites excluding steroid dienone is 1. The predicted octanol–water partition coefficient (Wildman–Crippen LogP) is 2.82. The second-order valence-corrected chi connectivity index (χ2v) is 4.59. The van der Waals surface area contributed by atoms with Crippen molar-refractivity contribution in [1.82, 2.24) is 0 Å². The van der Waals surface area contributed by atoms with Crippen molar-refractivity contribution in [3.63, 3.8) is 0 Å². The van der Waals surface area contributed by atoms with Gasteiger partial charge in [0.25, 0.3) is 0 Å². The summed E-state index contributed by atoms with van der Waals surface area (Å²) in [6, 6.07) is 16.1. The highest BCUT2D eigenvalue weighted by Gasteiger charge is 2.00. The molecular formula is C17H15O2-. The molecule has 0 aromatic heterocycles. The molecule has 0 aliphatic rings. The minimum Gasteiger partial charge on any atom is -0.545 e. The van der Waals surface area contributed by atoms with Gasteiger partial charge in [0, 0.05) is 0 Å². The first-order valence-electron chi connectivity index (χ1n) is 6.13. The van der Waals surface area contributed by atoms with Gasteiger partial charge in [0.15, 0.2) is 0 Å².